The van der Waals surface area contributed by atoms with Crippen molar-refractivity contribution in [1.29, 1.82) is 0 Å². The molecule has 8 heteroatoms. The van der Waals surface area contributed by atoms with E-state index in [-0.39, 0.29) is 29.9 Å². The Labute approximate surface area is 201 Å². The lowest BCUT2D eigenvalue weighted by Gasteiger charge is -2.23. The average molecular weight is 483 g/mol. The van der Waals surface area contributed by atoms with E-state index in [0.717, 1.165) is 16.9 Å². The number of ether oxygens (including phenoxy) is 2. The lowest BCUT2D eigenvalue weighted by molar-refractivity contribution is -0.121. The molecule has 3 aromatic rings. The molecule has 1 N–H and O–H groups in total. The fourth-order valence-corrected chi connectivity index (χ4v) is 4.90. The van der Waals surface area contributed by atoms with Gasteiger partial charge in [0.15, 0.2) is 0 Å². The van der Waals surface area contributed by atoms with E-state index in [0.29, 0.717) is 12.2 Å². The van der Waals surface area contributed by atoms with Gasteiger partial charge in [0.1, 0.15) is 11.5 Å². The molecule has 0 saturated heterocycles. The van der Waals surface area contributed by atoms with Crippen LogP contribution in [0.15, 0.2) is 83.8 Å². The zero-order chi connectivity index (χ0) is 24.6. The van der Waals surface area contributed by atoms with Gasteiger partial charge in [0.05, 0.1) is 31.7 Å². The number of carbonyl (C=O) groups excluding carboxylic acids is 1. The normalized spacial score (nSPS) is 12.2. The van der Waals surface area contributed by atoms with Crippen LogP contribution in [0.5, 0.6) is 11.5 Å². The van der Waals surface area contributed by atoms with Crippen molar-refractivity contribution in [2.45, 2.75) is 24.3 Å². The van der Waals surface area contributed by atoms with Crippen LogP contribution in [0.4, 0.5) is 0 Å². The third kappa shape index (κ3) is 6.59. The van der Waals surface area contributed by atoms with E-state index in [4.69, 9.17) is 9.47 Å². The minimum Gasteiger partial charge on any atom is -0.497 e. The first-order valence-corrected chi connectivity index (χ1v) is 12.4. The van der Waals surface area contributed by atoms with E-state index in [1.807, 2.05) is 61.5 Å². The van der Waals surface area contributed by atoms with Crippen LogP contribution in [0.1, 0.15) is 24.1 Å². The first kappa shape index (κ1) is 25.3. The van der Waals surface area contributed by atoms with E-state index in [2.05, 4.69) is 5.32 Å². The van der Waals surface area contributed by atoms with Gasteiger partial charge >= 0.3 is 0 Å². The Morgan fingerprint density at radius 2 is 1.44 bits per heavy atom. The van der Waals surface area contributed by atoms with Crippen molar-refractivity contribution < 1.29 is 22.7 Å². The Morgan fingerprint density at radius 1 is 0.882 bits per heavy atom. The third-order valence-electron chi connectivity index (χ3n) is 5.50. The van der Waals surface area contributed by atoms with Gasteiger partial charge in [-0.25, -0.2) is 8.42 Å². The van der Waals surface area contributed by atoms with Gasteiger partial charge in [-0.2, -0.15) is 4.31 Å². The second-order valence-corrected chi connectivity index (χ2v) is 9.75. The Balaban J connectivity index is 1.76. The molecule has 0 spiro atoms. The molecule has 3 rings (SSSR count). The van der Waals surface area contributed by atoms with Crippen molar-refractivity contribution in [3.63, 3.8) is 0 Å². The molecule has 34 heavy (non-hydrogen) atoms. The van der Waals surface area contributed by atoms with E-state index < -0.39 is 10.0 Å². The maximum absolute atomic E-state index is 13.4. The highest BCUT2D eigenvalue weighted by molar-refractivity contribution is 7.89. The number of amides is 1. The standard InChI is InChI=1S/C26H30N2O5S/c1-20(22-9-11-23(32-2)12-10-22)27-26(29)19-28(18-17-21-7-5-4-6-8-21)34(30,31)25-15-13-24(33-3)14-16-25/h4-16,20H,17-19H2,1-3H3,(H,27,29)/t20-/m1/s1. The number of benzene rings is 3. The summed E-state index contributed by atoms with van der Waals surface area (Å²) in [5.41, 5.74) is 1.88. The minimum absolute atomic E-state index is 0.109. The zero-order valence-electron chi connectivity index (χ0n) is 19.6. The second-order valence-electron chi connectivity index (χ2n) is 7.81. The van der Waals surface area contributed by atoms with Crippen molar-refractivity contribution >= 4 is 15.9 Å². The van der Waals surface area contributed by atoms with Crippen LogP contribution in [0.3, 0.4) is 0 Å². The van der Waals surface area contributed by atoms with E-state index in [1.165, 1.54) is 23.5 Å². The molecule has 0 aliphatic heterocycles. The molecule has 1 atom stereocenters. The van der Waals surface area contributed by atoms with Gasteiger partial charge in [0.25, 0.3) is 0 Å². The maximum atomic E-state index is 13.4. The number of hydrogen-bond acceptors (Lipinski definition) is 5. The van der Waals surface area contributed by atoms with Crippen LogP contribution in [0.25, 0.3) is 0 Å². The maximum Gasteiger partial charge on any atom is 0.243 e. The summed E-state index contributed by atoms with van der Waals surface area (Å²) in [6.07, 6.45) is 0.484. The van der Waals surface area contributed by atoms with Gasteiger partial charge in [-0.1, -0.05) is 42.5 Å². The molecule has 1 amide bonds. The molecule has 0 radical (unpaired) electrons. The topological polar surface area (TPSA) is 84.9 Å². The van der Waals surface area contributed by atoms with E-state index in [9.17, 15) is 13.2 Å². The molecule has 3 aromatic carbocycles. The van der Waals surface area contributed by atoms with Crippen LogP contribution >= 0.6 is 0 Å². The van der Waals surface area contributed by atoms with Crippen LogP contribution in [0, 0.1) is 0 Å². The van der Waals surface area contributed by atoms with Gasteiger partial charge < -0.3 is 14.8 Å². The average Bonchev–Trinajstić information content (AvgIpc) is 2.87. The summed E-state index contributed by atoms with van der Waals surface area (Å²) in [5.74, 6) is 0.897. The highest BCUT2D eigenvalue weighted by Gasteiger charge is 2.27. The SMILES string of the molecule is COc1ccc([C@@H](C)NC(=O)CN(CCc2ccccc2)S(=O)(=O)c2ccc(OC)cc2)cc1. The van der Waals surface area contributed by atoms with Crippen molar-refractivity contribution in [2.75, 3.05) is 27.3 Å². The molecule has 0 heterocycles. The van der Waals surface area contributed by atoms with Crippen LogP contribution in [0.2, 0.25) is 0 Å². The molecule has 0 aliphatic carbocycles. The highest BCUT2D eigenvalue weighted by atomic mass is 32.2. The quantitative estimate of drug-likeness (QED) is 0.449. The summed E-state index contributed by atoms with van der Waals surface area (Å²) < 4.78 is 38.3. The summed E-state index contributed by atoms with van der Waals surface area (Å²) in [5, 5.41) is 2.90. The smallest absolute Gasteiger partial charge is 0.243 e. The van der Waals surface area contributed by atoms with Crippen molar-refractivity contribution in [3.05, 3.63) is 90.0 Å². The zero-order valence-corrected chi connectivity index (χ0v) is 20.4. The highest BCUT2D eigenvalue weighted by Crippen LogP contribution is 2.21. The summed E-state index contributed by atoms with van der Waals surface area (Å²) in [7, 11) is -0.792. The summed E-state index contributed by atoms with van der Waals surface area (Å²) in [6.45, 7) is 1.73. The van der Waals surface area contributed by atoms with Crippen molar-refractivity contribution in [3.8, 4) is 11.5 Å². The van der Waals surface area contributed by atoms with Crippen LogP contribution in [-0.2, 0) is 21.2 Å². The predicted molar refractivity (Wildman–Crippen MR) is 131 cm³/mol. The molecule has 0 fully saturated rings. The largest absolute Gasteiger partial charge is 0.497 e. The molecular weight excluding hydrogens is 452 g/mol. The molecule has 180 valence electrons. The third-order valence-corrected chi connectivity index (χ3v) is 7.36. The molecule has 0 saturated carbocycles. The number of nitrogens with zero attached hydrogens (tertiary/aromatic N) is 1. The van der Waals surface area contributed by atoms with Gasteiger partial charge in [-0.15, -0.1) is 0 Å². The van der Waals surface area contributed by atoms with Crippen molar-refractivity contribution in [1.82, 2.24) is 9.62 Å². The molecule has 7 nitrogen and oxygen atoms in total. The molecule has 0 aromatic heterocycles. The molecule has 0 unspecified atom stereocenters. The fourth-order valence-electron chi connectivity index (χ4n) is 3.50. The summed E-state index contributed by atoms with van der Waals surface area (Å²) in [4.78, 5) is 13.0. The summed E-state index contributed by atoms with van der Waals surface area (Å²) >= 11 is 0. The van der Waals surface area contributed by atoms with E-state index in [1.54, 1.807) is 19.2 Å². The summed E-state index contributed by atoms with van der Waals surface area (Å²) in [6, 6.07) is 22.8. The number of sulfonamides is 1. The molecule has 0 bridgehead atoms. The monoisotopic (exact) mass is 482 g/mol. The van der Waals surface area contributed by atoms with Gasteiger partial charge in [0.2, 0.25) is 15.9 Å². The van der Waals surface area contributed by atoms with Crippen LogP contribution < -0.4 is 14.8 Å². The fraction of sp³-hybridized carbons (Fsp3) is 0.269. The number of rotatable bonds is 11. The Morgan fingerprint density at radius 3 is 2.00 bits per heavy atom. The van der Waals surface area contributed by atoms with Gasteiger partial charge in [-0.3, -0.25) is 4.79 Å². The van der Waals surface area contributed by atoms with Crippen LogP contribution in [-0.4, -0.2) is 45.9 Å². The van der Waals surface area contributed by atoms with Gasteiger partial charge in [-0.05, 0) is 60.9 Å². The number of hydrogen-bond donors (Lipinski definition) is 1. The lowest BCUT2D eigenvalue weighted by atomic mass is 10.1. The number of carbonyl (C=O) groups is 1. The first-order chi connectivity index (χ1) is 16.3. The minimum atomic E-state index is -3.90. The Bertz CT molecular complexity index is 1160. The Kier molecular flexibility index (Phi) is 8.67. The lowest BCUT2D eigenvalue weighted by Crippen LogP contribution is -2.42. The van der Waals surface area contributed by atoms with E-state index >= 15 is 0 Å². The first-order valence-electron chi connectivity index (χ1n) is 10.9. The molecular formula is C26H30N2O5S. The number of nitrogens with one attached hydrogen (secondary N) is 1. The number of methoxy groups -OCH3 is 2. The van der Waals surface area contributed by atoms with Gasteiger partial charge in [0, 0.05) is 6.54 Å². The predicted octanol–water partition coefficient (Wildman–Crippen LogP) is 3.81. The Hall–Kier alpha value is -3.36. The molecule has 0 aliphatic rings. The second kappa shape index (κ2) is 11.7. The van der Waals surface area contributed by atoms with Crippen molar-refractivity contribution in [2.24, 2.45) is 0 Å².